The Morgan fingerprint density at radius 2 is 2.00 bits per heavy atom. The highest BCUT2D eigenvalue weighted by Crippen LogP contribution is 2.29. The van der Waals surface area contributed by atoms with E-state index >= 15 is 0 Å². The van der Waals surface area contributed by atoms with Gasteiger partial charge in [-0.2, -0.15) is 5.10 Å². The molecule has 138 valence electrons. The van der Waals surface area contributed by atoms with E-state index in [1.165, 1.54) is 6.20 Å². The van der Waals surface area contributed by atoms with Crippen molar-refractivity contribution >= 4 is 11.0 Å². The molecule has 11 nitrogen and oxygen atoms in total. The zero-order valence-corrected chi connectivity index (χ0v) is 14.8. The third-order valence-corrected chi connectivity index (χ3v) is 4.21. The maximum absolute atomic E-state index is 12.0. The molecule has 0 fully saturated rings. The fourth-order valence-electron chi connectivity index (χ4n) is 2.85. The third-order valence-electron chi connectivity index (χ3n) is 4.21. The minimum Gasteiger partial charge on any atom is -0.467 e. The molecule has 0 saturated heterocycles. The first-order chi connectivity index (χ1) is 12.9. The van der Waals surface area contributed by atoms with Crippen molar-refractivity contribution in [3.8, 4) is 17.1 Å². The summed E-state index contributed by atoms with van der Waals surface area (Å²) in [5, 5.41) is 17.3. The van der Waals surface area contributed by atoms with E-state index in [9.17, 15) is 9.59 Å². The fourth-order valence-corrected chi connectivity index (χ4v) is 2.85. The standard InChI is InChI=1S/C16H16N8O3/c1-8(12-4-5-18-23(12)2)27-15-9-6-11(20-21-13(9)24(3)22-15)10-7-17-16(26)19-14(10)25/h4-8H,1-3H3,(H2,17,19,25,26). The van der Waals surface area contributed by atoms with Crippen molar-refractivity contribution in [1.82, 2.24) is 39.7 Å². The largest absolute Gasteiger partial charge is 0.467 e. The quantitative estimate of drug-likeness (QED) is 0.528. The number of ether oxygens (including phenoxy) is 1. The number of nitrogens with zero attached hydrogens (tertiary/aromatic N) is 6. The lowest BCUT2D eigenvalue weighted by atomic mass is 10.2. The smallest absolute Gasteiger partial charge is 0.325 e. The number of nitrogens with one attached hydrogen (secondary N) is 2. The zero-order valence-electron chi connectivity index (χ0n) is 14.8. The third kappa shape index (κ3) is 2.88. The van der Waals surface area contributed by atoms with Crippen LogP contribution in [0.5, 0.6) is 5.88 Å². The lowest BCUT2D eigenvalue weighted by Crippen LogP contribution is -2.22. The summed E-state index contributed by atoms with van der Waals surface area (Å²) >= 11 is 0. The topological polar surface area (TPSA) is 136 Å². The number of aryl methyl sites for hydroxylation is 2. The molecule has 4 aromatic heterocycles. The van der Waals surface area contributed by atoms with Gasteiger partial charge in [-0.3, -0.25) is 14.5 Å². The highest BCUT2D eigenvalue weighted by Gasteiger charge is 2.19. The molecule has 0 bridgehead atoms. The zero-order chi connectivity index (χ0) is 19.1. The molecule has 4 heterocycles. The Morgan fingerprint density at radius 1 is 1.19 bits per heavy atom. The molecule has 1 atom stereocenters. The summed E-state index contributed by atoms with van der Waals surface area (Å²) in [6.45, 7) is 1.89. The summed E-state index contributed by atoms with van der Waals surface area (Å²) in [5.41, 5.74) is 0.736. The van der Waals surface area contributed by atoms with E-state index in [1.807, 2.05) is 20.0 Å². The van der Waals surface area contributed by atoms with Crippen LogP contribution >= 0.6 is 0 Å². The van der Waals surface area contributed by atoms with Crippen molar-refractivity contribution < 1.29 is 4.74 Å². The number of rotatable bonds is 4. The van der Waals surface area contributed by atoms with E-state index in [0.29, 0.717) is 22.6 Å². The van der Waals surface area contributed by atoms with Crippen molar-refractivity contribution in [2.45, 2.75) is 13.0 Å². The molecular formula is C16H16N8O3. The maximum Gasteiger partial charge on any atom is 0.325 e. The number of hydrogen-bond acceptors (Lipinski definition) is 7. The van der Waals surface area contributed by atoms with Crippen LogP contribution in [0.2, 0.25) is 0 Å². The second kappa shape index (κ2) is 6.20. The van der Waals surface area contributed by atoms with Gasteiger partial charge in [-0.1, -0.05) is 0 Å². The van der Waals surface area contributed by atoms with Gasteiger partial charge >= 0.3 is 5.69 Å². The van der Waals surface area contributed by atoms with E-state index in [1.54, 1.807) is 28.7 Å². The second-order valence-electron chi connectivity index (χ2n) is 6.02. The van der Waals surface area contributed by atoms with Gasteiger partial charge in [0.25, 0.3) is 5.56 Å². The van der Waals surface area contributed by atoms with E-state index < -0.39 is 11.2 Å². The summed E-state index contributed by atoms with van der Waals surface area (Å²) in [4.78, 5) is 27.8. The SMILES string of the molecule is CC(Oc1nn(C)c2nnc(-c3c[nH]c(=O)[nH]c3=O)cc12)c1ccnn1C. The number of aromatic amines is 2. The average molecular weight is 368 g/mol. The summed E-state index contributed by atoms with van der Waals surface area (Å²) in [6, 6.07) is 3.52. The molecule has 1 unspecified atom stereocenters. The van der Waals surface area contributed by atoms with Gasteiger partial charge in [0.05, 0.1) is 16.6 Å². The normalized spacial score (nSPS) is 12.4. The predicted octanol–water partition coefficient (Wildman–Crippen LogP) is 0.280. The number of fused-ring (bicyclic) bond motifs is 1. The molecule has 2 N–H and O–H groups in total. The van der Waals surface area contributed by atoms with E-state index in [4.69, 9.17) is 4.74 Å². The summed E-state index contributed by atoms with van der Waals surface area (Å²) < 4.78 is 9.28. The van der Waals surface area contributed by atoms with Crippen LogP contribution in [0.1, 0.15) is 18.7 Å². The first-order valence-corrected chi connectivity index (χ1v) is 8.11. The van der Waals surface area contributed by atoms with Gasteiger partial charge in [-0.25, -0.2) is 9.48 Å². The predicted molar refractivity (Wildman–Crippen MR) is 95.2 cm³/mol. The van der Waals surface area contributed by atoms with Gasteiger partial charge in [0.2, 0.25) is 5.88 Å². The molecule has 0 saturated carbocycles. The minimum atomic E-state index is -0.590. The van der Waals surface area contributed by atoms with Crippen molar-refractivity contribution in [2.24, 2.45) is 14.1 Å². The molecular weight excluding hydrogens is 352 g/mol. The van der Waals surface area contributed by atoms with Crippen molar-refractivity contribution in [3.05, 3.63) is 51.1 Å². The van der Waals surface area contributed by atoms with E-state index in [0.717, 1.165) is 5.69 Å². The van der Waals surface area contributed by atoms with Crippen LogP contribution in [-0.2, 0) is 14.1 Å². The van der Waals surface area contributed by atoms with Crippen LogP contribution < -0.4 is 16.0 Å². The van der Waals surface area contributed by atoms with Gasteiger partial charge in [0.1, 0.15) is 11.8 Å². The van der Waals surface area contributed by atoms with E-state index in [-0.39, 0.29) is 11.7 Å². The van der Waals surface area contributed by atoms with Crippen molar-refractivity contribution in [2.75, 3.05) is 0 Å². The van der Waals surface area contributed by atoms with Crippen LogP contribution in [0, 0.1) is 0 Å². The lowest BCUT2D eigenvalue weighted by Gasteiger charge is -2.13. The Balaban J connectivity index is 1.79. The average Bonchev–Trinajstić information content (AvgIpc) is 3.18. The molecule has 0 radical (unpaired) electrons. The van der Waals surface area contributed by atoms with Gasteiger partial charge in [-0.15, -0.1) is 15.3 Å². The Bertz CT molecular complexity index is 1250. The number of hydrogen-bond donors (Lipinski definition) is 2. The minimum absolute atomic E-state index is 0.193. The Hall–Kier alpha value is -3.76. The van der Waals surface area contributed by atoms with E-state index in [2.05, 4.69) is 30.4 Å². The Labute approximate surface area is 151 Å². The van der Waals surface area contributed by atoms with Crippen molar-refractivity contribution in [1.29, 1.82) is 0 Å². The molecule has 0 aliphatic rings. The molecule has 0 aliphatic carbocycles. The summed E-state index contributed by atoms with van der Waals surface area (Å²) in [7, 11) is 3.56. The van der Waals surface area contributed by atoms with Crippen molar-refractivity contribution in [3.63, 3.8) is 0 Å². The van der Waals surface area contributed by atoms with Crippen LogP contribution in [0.25, 0.3) is 22.3 Å². The van der Waals surface area contributed by atoms with Gasteiger partial charge in [0.15, 0.2) is 5.65 Å². The Morgan fingerprint density at radius 3 is 2.70 bits per heavy atom. The van der Waals surface area contributed by atoms with Crippen LogP contribution in [0.4, 0.5) is 0 Å². The highest BCUT2D eigenvalue weighted by atomic mass is 16.5. The molecule has 0 aromatic carbocycles. The number of aromatic nitrogens is 8. The molecule has 0 amide bonds. The Kier molecular flexibility index (Phi) is 3.83. The first kappa shape index (κ1) is 16.7. The summed E-state index contributed by atoms with van der Waals surface area (Å²) in [5.74, 6) is 0.359. The molecule has 11 heteroatoms. The highest BCUT2D eigenvalue weighted by molar-refractivity contribution is 5.84. The maximum atomic E-state index is 12.0. The molecule has 27 heavy (non-hydrogen) atoms. The molecule has 0 spiro atoms. The lowest BCUT2D eigenvalue weighted by molar-refractivity contribution is 0.208. The molecule has 4 rings (SSSR count). The van der Waals surface area contributed by atoms with Gasteiger partial charge < -0.3 is 9.72 Å². The van der Waals surface area contributed by atoms with Crippen LogP contribution in [-0.4, -0.2) is 39.7 Å². The van der Waals surface area contributed by atoms with Crippen LogP contribution in [0.3, 0.4) is 0 Å². The molecule has 0 aliphatic heterocycles. The second-order valence-corrected chi connectivity index (χ2v) is 6.02. The first-order valence-electron chi connectivity index (χ1n) is 8.11. The monoisotopic (exact) mass is 368 g/mol. The summed E-state index contributed by atoms with van der Waals surface area (Å²) in [6.07, 6.45) is 2.69. The number of H-pyrrole nitrogens is 2. The fraction of sp³-hybridized carbons (Fsp3) is 0.250. The van der Waals surface area contributed by atoms with Crippen LogP contribution in [0.15, 0.2) is 34.1 Å². The van der Waals surface area contributed by atoms with Gasteiger partial charge in [0, 0.05) is 26.5 Å². The van der Waals surface area contributed by atoms with Gasteiger partial charge in [-0.05, 0) is 19.1 Å². The molecule has 4 aromatic rings.